The van der Waals surface area contributed by atoms with Gasteiger partial charge in [-0.05, 0) is 36.8 Å². The lowest BCUT2D eigenvalue weighted by molar-refractivity contribution is -0.123. The Hall–Kier alpha value is -1.52. The van der Waals surface area contributed by atoms with E-state index in [0.717, 1.165) is 25.7 Å². The van der Waals surface area contributed by atoms with Crippen LogP contribution in [-0.2, 0) is 20.7 Å². The predicted molar refractivity (Wildman–Crippen MR) is 90.6 cm³/mol. The van der Waals surface area contributed by atoms with Crippen LogP contribution < -0.4 is 10.6 Å². The summed E-state index contributed by atoms with van der Waals surface area (Å²) in [6.07, 6.45) is 6.72. The zero-order chi connectivity index (χ0) is 16.4. The molecule has 1 aromatic carbocycles. The van der Waals surface area contributed by atoms with Crippen molar-refractivity contribution in [2.75, 3.05) is 0 Å². The molecule has 0 spiro atoms. The third-order valence-electron chi connectivity index (χ3n) is 6.70. The summed E-state index contributed by atoms with van der Waals surface area (Å²) < 4.78 is 0. The highest BCUT2D eigenvalue weighted by Gasteiger charge is 2.52. The van der Waals surface area contributed by atoms with E-state index in [-0.39, 0.29) is 11.1 Å². The molecule has 4 aliphatic heterocycles. The van der Waals surface area contributed by atoms with Crippen LogP contribution in [0, 0.1) is 0 Å². The van der Waals surface area contributed by atoms with Gasteiger partial charge in [0.15, 0.2) is 0 Å². The van der Waals surface area contributed by atoms with Gasteiger partial charge in [-0.15, -0.1) is 0 Å². The molecule has 4 saturated heterocycles. The number of carbonyl (C=O) groups is 2. The molecular weight excluding hydrogens is 300 g/mol. The van der Waals surface area contributed by atoms with Crippen molar-refractivity contribution in [1.82, 2.24) is 10.6 Å². The SMILES string of the molecule is O=C1CC2CCC(c3ccccc3C34CCC(CC(=O)C3)N4)(C1)N2. The van der Waals surface area contributed by atoms with Crippen LogP contribution in [0.5, 0.6) is 0 Å². The Morgan fingerprint density at radius 1 is 0.792 bits per heavy atom. The molecule has 126 valence electrons. The first-order valence-corrected chi connectivity index (χ1v) is 9.27. The molecule has 0 aromatic heterocycles. The van der Waals surface area contributed by atoms with Gasteiger partial charge >= 0.3 is 0 Å². The maximum absolute atomic E-state index is 12.3. The average Bonchev–Trinajstić information content (AvgIpc) is 3.05. The molecule has 0 aliphatic carbocycles. The molecule has 4 heterocycles. The second kappa shape index (κ2) is 4.99. The van der Waals surface area contributed by atoms with E-state index in [4.69, 9.17) is 0 Å². The molecule has 4 fully saturated rings. The Kier molecular flexibility index (Phi) is 3.08. The van der Waals surface area contributed by atoms with Crippen molar-refractivity contribution in [3.05, 3.63) is 35.4 Å². The fourth-order valence-electron chi connectivity index (χ4n) is 5.80. The van der Waals surface area contributed by atoms with Crippen molar-refractivity contribution < 1.29 is 9.59 Å². The number of carbonyl (C=O) groups excluding carboxylic acids is 2. The Morgan fingerprint density at radius 2 is 1.25 bits per heavy atom. The first-order chi connectivity index (χ1) is 11.6. The van der Waals surface area contributed by atoms with Gasteiger partial charge in [-0.1, -0.05) is 24.3 Å². The Morgan fingerprint density at radius 3 is 1.71 bits per heavy atom. The number of nitrogens with one attached hydrogen (secondary N) is 2. The summed E-state index contributed by atoms with van der Waals surface area (Å²) in [5, 5.41) is 7.53. The second-order valence-electron chi connectivity index (χ2n) is 8.31. The van der Waals surface area contributed by atoms with E-state index in [1.165, 1.54) is 11.1 Å². The van der Waals surface area contributed by atoms with Crippen LogP contribution in [0.25, 0.3) is 0 Å². The zero-order valence-corrected chi connectivity index (χ0v) is 13.9. The van der Waals surface area contributed by atoms with Crippen molar-refractivity contribution in [3.8, 4) is 0 Å². The zero-order valence-electron chi connectivity index (χ0n) is 13.9. The van der Waals surface area contributed by atoms with Crippen LogP contribution in [0.1, 0.15) is 62.5 Å². The number of fused-ring (bicyclic) bond motifs is 4. The molecular formula is C20H24N2O2. The molecule has 4 unspecified atom stereocenters. The summed E-state index contributed by atoms with van der Waals surface area (Å²) >= 11 is 0. The Bertz CT molecular complexity index is 669. The van der Waals surface area contributed by atoms with Crippen molar-refractivity contribution in [1.29, 1.82) is 0 Å². The maximum atomic E-state index is 12.3. The quantitative estimate of drug-likeness (QED) is 0.876. The van der Waals surface area contributed by atoms with Crippen LogP contribution >= 0.6 is 0 Å². The number of Topliss-reactive ketones (excluding diaryl/α,β-unsaturated/α-hetero) is 2. The van der Waals surface area contributed by atoms with Gasteiger partial charge in [0, 0.05) is 37.8 Å². The average molecular weight is 324 g/mol. The summed E-state index contributed by atoms with van der Waals surface area (Å²) in [6.45, 7) is 0. The van der Waals surface area contributed by atoms with Crippen molar-refractivity contribution in [2.45, 2.75) is 74.5 Å². The second-order valence-corrected chi connectivity index (χ2v) is 8.31. The van der Waals surface area contributed by atoms with Gasteiger partial charge in [0.25, 0.3) is 0 Å². The molecule has 24 heavy (non-hydrogen) atoms. The van der Waals surface area contributed by atoms with E-state index in [9.17, 15) is 9.59 Å². The molecule has 4 nitrogen and oxygen atoms in total. The lowest BCUT2D eigenvalue weighted by Crippen LogP contribution is -2.52. The summed E-state index contributed by atoms with van der Waals surface area (Å²) in [5.74, 6) is 0.751. The van der Waals surface area contributed by atoms with Gasteiger partial charge in [0.05, 0.1) is 11.1 Å². The Balaban J connectivity index is 1.62. The number of ketones is 2. The summed E-state index contributed by atoms with van der Waals surface area (Å²) in [7, 11) is 0. The third kappa shape index (κ3) is 2.06. The predicted octanol–water partition coefficient (Wildman–Crippen LogP) is 2.31. The van der Waals surface area contributed by atoms with Gasteiger partial charge in [0.1, 0.15) is 11.6 Å². The third-order valence-corrected chi connectivity index (χ3v) is 6.70. The minimum absolute atomic E-state index is 0.217. The topological polar surface area (TPSA) is 58.2 Å². The van der Waals surface area contributed by atoms with E-state index in [1.54, 1.807) is 0 Å². The van der Waals surface area contributed by atoms with Crippen LogP contribution in [-0.4, -0.2) is 23.7 Å². The van der Waals surface area contributed by atoms with E-state index in [0.29, 0.717) is 49.3 Å². The minimum Gasteiger partial charge on any atom is -0.304 e. The smallest absolute Gasteiger partial charge is 0.136 e. The molecule has 1 aromatic rings. The lowest BCUT2D eigenvalue weighted by atomic mass is 9.73. The van der Waals surface area contributed by atoms with E-state index < -0.39 is 0 Å². The van der Waals surface area contributed by atoms with Crippen LogP contribution in [0.4, 0.5) is 0 Å². The minimum atomic E-state index is -0.217. The summed E-state index contributed by atoms with van der Waals surface area (Å²) in [5.41, 5.74) is 2.07. The van der Waals surface area contributed by atoms with Gasteiger partial charge in [-0.3, -0.25) is 9.59 Å². The van der Waals surface area contributed by atoms with Gasteiger partial charge in [0.2, 0.25) is 0 Å². The highest BCUT2D eigenvalue weighted by atomic mass is 16.1. The number of hydrogen-bond acceptors (Lipinski definition) is 4. The number of rotatable bonds is 2. The fourth-order valence-corrected chi connectivity index (χ4v) is 5.80. The van der Waals surface area contributed by atoms with Crippen LogP contribution in [0.3, 0.4) is 0 Å². The van der Waals surface area contributed by atoms with Gasteiger partial charge in [-0.2, -0.15) is 0 Å². The molecule has 4 bridgehead atoms. The highest BCUT2D eigenvalue weighted by molar-refractivity contribution is 5.83. The fraction of sp³-hybridized carbons (Fsp3) is 0.600. The van der Waals surface area contributed by atoms with Gasteiger partial charge in [-0.25, -0.2) is 0 Å². The Labute approximate surface area is 142 Å². The number of piperidine rings is 2. The van der Waals surface area contributed by atoms with Crippen LogP contribution in [0.15, 0.2) is 24.3 Å². The summed E-state index contributed by atoms with van der Waals surface area (Å²) in [4.78, 5) is 24.6. The maximum Gasteiger partial charge on any atom is 0.136 e. The molecule has 0 amide bonds. The molecule has 5 rings (SSSR count). The van der Waals surface area contributed by atoms with E-state index >= 15 is 0 Å². The van der Waals surface area contributed by atoms with E-state index in [2.05, 4.69) is 34.9 Å². The van der Waals surface area contributed by atoms with Crippen molar-refractivity contribution in [3.63, 3.8) is 0 Å². The van der Waals surface area contributed by atoms with Crippen LogP contribution in [0.2, 0.25) is 0 Å². The van der Waals surface area contributed by atoms with E-state index in [1.807, 2.05) is 0 Å². The lowest BCUT2D eigenvalue weighted by Gasteiger charge is -2.41. The summed E-state index contributed by atoms with van der Waals surface area (Å²) in [6, 6.07) is 9.19. The molecule has 4 aliphatic rings. The largest absolute Gasteiger partial charge is 0.304 e. The van der Waals surface area contributed by atoms with Crippen molar-refractivity contribution >= 4 is 11.6 Å². The molecule has 4 atom stereocenters. The molecule has 2 N–H and O–H groups in total. The number of hydrogen-bond donors (Lipinski definition) is 2. The van der Waals surface area contributed by atoms with Crippen molar-refractivity contribution in [2.24, 2.45) is 0 Å². The first kappa shape index (κ1) is 14.8. The van der Waals surface area contributed by atoms with Gasteiger partial charge < -0.3 is 10.6 Å². The molecule has 0 radical (unpaired) electrons. The molecule has 4 heteroatoms. The standard InChI is InChI=1S/C20H24N2O2/c23-15-9-13-5-7-19(11-15,21-13)17-3-1-2-4-18(17)20-8-6-14(22-20)10-16(24)12-20/h1-4,13-14,21-22H,5-12H2. The molecule has 0 saturated carbocycles. The normalized spacial score (nSPS) is 41.0. The monoisotopic (exact) mass is 324 g/mol. The number of benzene rings is 1. The first-order valence-electron chi connectivity index (χ1n) is 9.27. The highest BCUT2D eigenvalue weighted by Crippen LogP contribution is 2.49.